The quantitative estimate of drug-likeness (QED) is 0.864. The normalized spacial score (nSPS) is 21.1. The van der Waals surface area contributed by atoms with Crippen molar-refractivity contribution in [1.82, 2.24) is 15.1 Å². The lowest BCUT2D eigenvalue weighted by Crippen LogP contribution is -2.32. The number of halogens is 2. The van der Waals surface area contributed by atoms with Gasteiger partial charge in [0.25, 0.3) is 0 Å². The summed E-state index contributed by atoms with van der Waals surface area (Å²) in [4.78, 5) is 4.86. The van der Waals surface area contributed by atoms with E-state index in [0.29, 0.717) is 16.1 Å². The summed E-state index contributed by atoms with van der Waals surface area (Å²) in [6.07, 6.45) is 2.30. The fourth-order valence-electron chi connectivity index (χ4n) is 2.99. The summed E-state index contributed by atoms with van der Waals surface area (Å²) in [5.41, 5.74) is 1.09. The molecule has 1 N–H and O–H groups in total. The third-order valence-corrected chi connectivity index (χ3v) is 5.25. The lowest BCUT2D eigenvalue weighted by molar-refractivity contribution is 0.261. The van der Waals surface area contributed by atoms with Crippen LogP contribution >= 0.6 is 23.2 Å². The fourth-order valence-corrected chi connectivity index (χ4v) is 3.43. The van der Waals surface area contributed by atoms with Crippen molar-refractivity contribution >= 4 is 23.2 Å². The molecule has 1 fully saturated rings. The van der Waals surface area contributed by atoms with E-state index in [2.05, 4.69) is 35.3 Å². The lowest BCUT2D eigenvalue weighted by Gasteiger charge is -2.23. The van der Waals surface area contributed by atoms with Gasteiger partial charge in [-0.05, 0) is 52.2 Å². The number of nitrogens with one attached hydrogen (secondary N) is 1. The van der Waals surface area contributed by atoms with Crippen LogP contribution in [0, 0.1) is 0 Å². The Labute approximate surface area is 138 Å². The van der Waals surface area contributed by atoms with Gasteiger partial charge < -0.3 is 15.1 Å². The van der Waals surface area contributed by atoms with Crippen LogP contribution in [0.1, 0.15) is 24.4 Å². The fraction of sp³-hybridized carbons (Fsp3) is 0.625. The Balaban J connectivity index is 1.93. The maximum Gasteiger partial charge on any atom is 0.0640 e. The molecule has 1 heterocycles. The zero-order valence-corrected chi connectivity index (χ0v) is 14.6. The van der Waals surface area contributed by atoms with Crippen molar-refractivity contribution in [2.45, 2.75) is 24.9 Å². The van der Waals surface area contributed by atoms with Gasteiger partial charge in [-0.2, -0.15) is 0 Å². The Bertz CT molecular complexity index is 465. The van der Waals surface area contributed by atoms with E-state index in [0.717, 1.165) is 25.1 Å². The van der Waals surface area contributed by atoms with Crippen LogP contribution in [0.4, 0.5) is 0 Å². The van der Waals surface area contributed by atoms with Crippen LogP contribution in [0.3, 0.4) is 0 Å². The van der Waals surface area contributed by atoms with Gasteiger partial charge in [-0.3, -0.25) is 0 Å². The molecule has 1 aliphatic heterocycles. The van der Waals surface area contributed by atoms with Crippen molar-refractivity contribution in [2.75, 3.05) is 40.8 Å². The topological polar surface area (TPSA) is 18.5 Å². The van der Waals surface area contributed by atoms with Crippen molar-refractivity contribution in [3.8, 4) is 0 Å². The summed E-state index contributed by atoms with van der Waals surface area (Å²) in [5.74, 6) is 0. The van der Waals surface area contributed by atoms with Gasteiger partial charge in [0.15, 0.2) is 0 Å². The van der Waals surface area contributed by atoms with Crippen LogP contribution in [0.2, 0.25) is 10.0 Å². The second-order valence-electron chi connectivity index (χ2n) is 5.98. The molecule has 0 spiro atoms. The molecule has 0 saturated carbocycles. The van der Waals surface area contributed by atoms with E-state index in [1.54, 1.807) is 0 Å². The molecule has 21 heavy (non-hydrogen) atoms. The van der Waals surface area contributed by atoms with Crippen molar-refractivity contribution in [2.24, 2.45) is 0 Å². The van der Waals surface area contributed by atoms with Gasteiger partial charge in [-0.1, -0.05) is 35.3 Å². The monoisotopic (exact) mass is 329 g/mol. The van der Waals surface area contributed by atoms with E-state index in [1.807, 2.05) is 19.2 Å². The number of likely N-dealkylation sites (N-methyl/N-ethyl adjacent to an activating group) is 1. The van der Waals surface area contributed by atoms with Gasteiger partial charge in [-0.15, -0.1) is 0 Å². The highest BCUT2D eigenvalue weighted by atomic mass is 35.5. The average molecular weight is 330 g/mol. The van der Waals surface area contributed by atoms with E-state index >= 15 is 0 Å². The Morgan fingerprint density at radius 3 is 2.76 bits per heavy atom. The molecule has 3 nitrogen and oxygen atoms in total. The molecule has 0 amide bonds. The second-order valence-corrected chi connectivity index (χ2v) is 6.76. The molecule has 0 aromatic heterocycles. The van der Waals surface area contributed by atoms with Gasteiger partial charge in [0.2, 0.25) is 0 Å². The highest BCUT2D eigenvalue weighted by Gasteiger charge is 2.24. The second kappa shape index (κ2) is 7.80. The minimum Gasteiger partial charge on any atom is -0.313 e. The molecule has 118 valence electrons. The number of benzene rings is 1. The van der Waals surface area contributed by atoms with Gasteiger partial charge in [0, 0.05) is 25.2 Å². The Hall–Kier alpha value is -0.320. The Morgan fingerprint density at radius 2 is 2.14 bits per heavy atom. The summed E-state index contributed by atoms with van der Waals surface area (Å²) >= 11 is 12.5. The standard InChI is InChI=1S/C16H25Cl2N3/c1-19-15(13-5-4-6-14(17)16(13)18)8-10-21-9-7-12(11-21)20(2)3/h4-6,12,15,19H,7-11H2,1-3H3. The van der Waals surface area contributed by atoms with E-state index < -0.39 is 0 Å². The number of likely N-dealkylation sites (tertiary alicyclic amines) is 1. The number of hydrogen-bond donors (Lipinski definition) is 1. The molecular weight excluding hydrogens is 305 g/mol. The predicted octanol–water partition coefficient (Wildman–Crippen LogP) is 3.28. The summed E-state index contributed by atoms with van der Waals surface area (Å²) in [6, 6.07) is 6.79. The number of hydrogen-bond acceptors (Lipinski definition) is 3. The van der Waals surface area contributed by atoms with Crippen molar-refractivity contribution < 1.29 is 0 Å². The van der Waals surface area contributed by atoms with Gasteiger partial charge in [-0.25, -0.2) is 0 Å². The largest absolute Gasteiger partial charge is 0.313 e. The molecule has 0 radical (unpaired) electrons. The lowest BCUT2D eigenvalue weighted by atomic mass is 10.0. The minimum absolute atomic E-state index is 0.245. The molecule has 1 aromatic carbocycles. The zero-order valence-electron chi connectivity index (χ0n) is 13.1. The highest BCUT2D eigenvalue weighted by molar-refractivity contribution is 6.42. The molecule has 2 rings (SSSR count). The van der Waals surface area contributed by atoms with Gasteiger partial charge in [0.1, 0.15) is 0 Å². The van der Waals surface area contributed by atoms with Crippen LogP contribution in [0.5, 0.6) is 0 Å². The molecule has 2 atom stereocenters. The summed E-state index contributed by atoms with van der Waals surface area (Å²) in [5, 5.41) is 4.66. The van der Waals surface area contributed by atoms with Crippen LogP contribution in [-0.2, 0) is 0 Å². The molecule has 1 aromatic rings. The number of nitrogens with zero attached hydrogens (tertiary/aromatic N) is 2. The molecule has 0 bridgehead atoms. The molecule has 1 aliphatic rings. The average Bonchev–Trinajstić information content (AvgIpc) is 2.93. The van der Waals surface area contributed by atoms with Crippen molar-refractivity contribution in [1.29, 1.82) is 0 Å². The zero-order chi connectivity index (χ0) is 15.4. The SMILES string of the molecule is CNC(CCN1CCC(N(C)C)C1)c1cccc(Cl)c1Cl. The summed E-state index contributed by atoms with van der Waals surface area (Å²) in [6.45, 7) is 3.42. The van der Waals surface area contributed by atoms with Crippen molar-refractivity contribution in [3.05, 3.63) is 33.8 Å². The van der Waals surface area contributed by atoms with Crippen molar-refractivity contribution in [3.63, 3.8) is 0 Å². The Morgan fingerprint density at radius 1 is 1.38 bits per heavy atom. The molecule has 2 unspecified atom stereocenters. The molecule has 5 heteroatoms. The molecular formula is C16H25Cl2N3. The highest BCUT2D eigenvalue weighted by Crippen LogP contribution is 2.31. The van der Waals surface area contributed by atoms with Gasteiger partial charge in [0.05, 0.1) is 10.0 Å². The molecule has 0 aliphatic carbocycles. The van der Waals surface area contributed by atoms with Gasteiger partial charge >= 0.3 is 0 Å². The first-order valence-electron chi connectivity index (χ1n) is 7.53. The summed E-state index contributed by atoms with van der Waals surface area (Å²) in [7, 11) is 6.31. The van der Waals surface area contributed by atoms with E-state index in [-0.39, 0.29) is 6.04 Å². The van der Waals surface area contributed by atoms with E-state index in [9.17, 15) is 0 Å². The van der Waals surface area contributed by atoms with Crippen LogP contribution in [0.25, 0.3) is 0 Å². The maximum atomic E-state index is 6.33. The summed E-state index contributed by atoms with van der Waals surface area (Å²) < 4.78 is 0. The third kappa shape index (κ3) is 4.33. The van der Waals surface area contributed by atoms with Crippen LogP contribution < -0.4 is 5.32 Å². The first kappa shape index (κ1) is 17.0. The molecule has 1 saturated heterocycles. The van der Waals surface area contributed by atoms with E-state index in [1.165, 1.54) is 13.0 Å². The predicted molar refractivity (Wildman–Crippen MR) is 91.4 cm³/mol. The van der Waals surface area contributed by atoms with Crippen LogP contribution in [0.15, 0.2) is 18.2 Å². The first-order chi connectivity index (χ1) is 10.0. The van der Waals surface area contributed by atoms with E-state index in [4.69, 9.17) is 23.2 Å². The smallest absolute Gasteiger partial charge is 0.0640 e. The first-order valence-corrected chi connectivity index (χ1v) is 8.28. The number of rotatable bonds is 6. The maximum absolute atomic E-state index is 6.33. The van der Waals surface area contributed by atoms with Crippen LogP contribution in [-0.4, -0.2) is 56.6 Å². The minimum atomic E-state index is 0.245. The Kier molecular flexibility index (Phi) is 6.33. The third-order valence-electron chi connectivity index (χ3n) is 4.42.